The summed E-state index contributed by atoms with van der Waals surface area (Å²) >= 11 is 0. The molecule has 6 rings (SSSR count). The van der Waals surface area contributed by atoms with E-state index in [0.717, 1.165) is 33.6 Å². The highest BCUT2D eigenvalue weighted by Crippen LogP contribution is 2.30. The number of nitrogens with zero attached hydrogens (tertiary/aromatic N) is 3. The molecule has 6 aromatic rings. The van der Waals surface area contributed by atoms with Crippen molar-refractivity contribution in [1.29, 1.82) is 0 Å². The van der Waals surface area contributed by atoms with Gasteiger partial charge >= 0.3 is 5.97 Å². The van der Waals surface area contributed by atoms with Crippen LogP contribution < -0.4 is 9.47 Å². The Labute approximate surface area is 272 Å². The number of benzene rings is 4. The zero-order valence-corrected chi connectivity index (χ0v) is 25.3. The van der Waals surface area contributed by atoms with Crippen molar-refractivity contribution >= 4 is 11.7 Å². The van der Waals surface area contributed by atoms with E-state index >= 15 is 0 Å². The maximum atomic E-state index is 12.0. The van der Waals surface area contributed by atoms with Crippen molar-refractivity contribution in [2.24, 2.45) is 5.16 Å². The zero-order chi connectivity index (χ0) is 32.4. The lowest BCUT2D eigenvalue weighted by Gasteiger charge is -2.18. The molecule has 0 saturated carbocycles. The van der Waals surface area contributed by atoms with Crippen molar-refractivity contribution in [3.8, 4) is 33.8 Å². The summed E-state index contributed by atoms with van der Waals surface area (Å²) in [6.45, 7) is 0.537. The lowest BCUT2D eigenvalue weighted by atomic mass is 9.87. The number of aromatic nitrogens is 2. The molecule has 0 amide bonds. The molecular formula is C39H31N3O5. The van der Waals surface area contributed by atoms with E-state index in [9.17, 15) is 15.1 Å². The van der Waals surface area contributed by atoms with Gasteiger partial charge in [-0.3, -0.25) is 9.97 Å². The van der Waals surface area contributed by atoms with Crippen LogP contribution in [0.3, 0.4) is 0 Å². The second-order valence-corrected chi connectivity index (χ2v) is 10.7. The summed E-state index contributed by atoms with van der Waals surface area (Å²) in [6.07, 6.45) is 3.64. The van der Waals surface area contributed by atoms with Gasteiger partial charge < -0.3 is 19.8 Å². The van der Waals surface area contributed by atoms with E-state index in [0.29, 0.717) is 22.6 Å². The number of rotatable bonds is 12. The van der Waals surface area contributed by atoms with Gasteiger partial charge in [0.25, 0.3) is 0 Å². The van der Waals surface area contributed by atoms with Crippen molar-refractivity contribution in [2.75, 3.05) is 0 Å². The number of carboxylic acid groups (broad SMARTS) is 1. The lowest BCUT2D eigenvalue weighted by molar-refractivity contribution is -0.129. The van der Waals surface area contributed by atoms with Crippen LogP contribution in [-0.4, -0.2) is 32.0 Å². The minimum absolute atomic E-state index is 0.268. The van der Waals surface area contributed by atoms with Crippen molar-refractivity contribution in [3.63, 3.8) is 0 Å². The molecule has 0 spiro atoms. The van der Waals surface area contributed by atoms with Crippen LogP contribution >= 0.6 is 0 Å². The fourth-order valence-corrected chi connectivity index (χ4v) is 5.18. The first-order valence-electron chi connectivity index (χ1n) is 15.0. The van der Waals surface area contributed by atoms with Gasteiger partial charge in [0.15, 0.2) is 5.71 Å². The molecule has 8 heteroatoms. The van der Waals surface area contributed by atoms with Gasteiger partial charge in [0.05, 0.1) is 17.3 Å². The molecule has 0 aliphatic heterocycles. The standard InChI is InChI=1S/C39H31N3O5/c43-39(44)38(42-45)37(29-13-19-35(20-14-29)46-25-33-17-11-31(23-40-33)27-7-3-1-4-8-27)30-15-21-36(22-16-30)47-26-34-18-12-32(24-41-34)28-9-5-2-6-10-28/h1-24,37,45H,25-26H2,(H,43,44). The fraction of sp³-hybridized carbons (Fsp3) is 0.0769. The number of aliphatic carboxylic acids is 1. The van der Waals surface area contributed by atoms with E-state index in [1.54, 1.807) is 48.5 Å². The predicted molar refractivity (Wildman–Crippen MR) is 180 cm³/mol. The molecular weight excluding hydrogens is 590 g/mol. The Hall–Kier alpha value is -6.28. The second-order valence-electron chi connectivity index (χ2n) is 10.7. The third-order valence-corrected chi connectivity index (χ3v) is 7.66. The van der Waals surface area contributed by atoms with Crippen LogP contribution in [0.2, 0.25) is 0 Å². The van der Waals surface area contributed by atoms with Crippen LogP contribution in [0, 0.1) is 0 Å². The molecule has 0 bridgehead atoms. The summed E-state index contributed by atoms with van der Waals surface area (Å²) in [4.78, 5) is 21.1. The molecule has 2 N–H and O–H groups in total. The summed E-state index contributed by atoms with van der Waals surface area (Å²) in [6, 6.07) is 42.0. The minimum atomic E-state index is -1.33. The number of carboxylic acids is 1. The first kappa shape index (κ1) is 30.7. The quantitative estimate of drug-likeness (QED) is 0.0808. The molecule has 8 nitrogen and oxygen atoms in total. The summed E-state index contributed by atoms with van der Waals surface area (Å²) in [5.74, 6) is -0.977. The van der Waals surface area contributed by atoms with Gasteiger partial charge in [0, 0.05) is 23.5 Å². The highest BCUT2D eigenvalue weighted by atomic mass is 16.5. The Kier molecular flexibility index (Phi) is 9.59. The summed E-state index contributed by atoms with van der Waals surface area (Å²) < 4.78 is 11.9. The van der Waals surface area contributed by atoms with E-state index in [-0.39, 0.29) is 13.2 Å². The molecule has 232 valence electrons. The number of pyridine rings is 2. The molecule has 4 aromatic carbocycles. The first-order chi connectivity index (χ1) is 23.1. The van der Waals surface area contributed by atoms with Gasteiger partial charge in [-0.1, -0.05) is 102 Å². The zero-order valence-electron chi connectivity index (χ0n) is 25.3. The predicted octanol–water partition coefficient (Wildman–Crippen LogP) is 8.02. The topological polar surface area (TPSA) is 114 Å². The Morgan fingerprint density at radius 3 is 1.34 bits per heavy atom. The van der Waals surface area contributed by atoms with E-state index in [1.165, 1.54) is 0 Å². The van der Waals surface area contributed by atoms with E-state index < -0.39 is 17.6 Å². The largest absolute Gasteiger partial charge is 0.487 e. The van der Waals surface area contributed by atoms with Crippen molar-refractivity contribution in [1.82, 2.24) is 9.97 Å². The summed E-state index contributed by atoms with van der Waals surface area (Å²) in [5, 5.41) is 22.6. The van der Waals surface area contributed by atoms with Crippen LogP contribution in [0.15, 0.2) is 151 Å². The fourth-order valence-electron chi connectivity index (χ4n) is 5.18. The monoisotopic (exact) mass is 621 g/mol. The van der Waals surface area contributed by atoms with Gasteiger partial charge in [-0.25, -0.2) is 4.79 Å². The number of hydrogen-bond acceptors (Lipinski definition) is 7. The van der Waals surface area contributed by atoms with Gasteiger partial charge in [0.1, 0.15) is 24.7 Å². The highest BCUT2D eigenvalue weighted by molar-refractivity contribution is 6.38. The summed E-state index contributed by atoms with van der Waals surface area (Å²) in [5.41, 5.74) is 6.61. The van der Waals surface area contributed by atoms with E-state index in [1.807, 2.05) is 97.3 Å². The van der Waals surface area contributed by atoms with Gasteiger partial charge in [0.2, 0.25) is 0 Å². The first-order valence-corrected chi connectivity index (χ1v) is 15.0. The normalized spacial score (nSPS) is 11.3. The SMILES string of the molecule is O=C(O)C(=NO)C(c1ccc(OCc2ccc(-c3ccccc3)cn2)cc1)c1ccc(OCc2ccc(-c3ccccc3)cn2)cc1. The minimum Gasteiger partial charge on any atom is -0.487 e. The number of oxime groups is 1. The lowest BCUT2D eigenvalue weighted by Crippen LogP contribution is -2.23. The van der Waals surface area contributed by atoms with Gasteiger partial charge in [-0.2, -0.15) is 0 Å². The molecule has 0 aliphatic rings. The Morgan fingerprint density at radius 1 is 0.574 bits per heavy atom. The average molecular weight is 622 g/mol. The number of ether oxygens (including phenoxy) is 2. The van der Waals surface area contributed by atoms with Gasteiger partial charge in [-0.15, -0.1) is 0 Å². The maximum absolute atomic E-state index is 12.0. The van der Waals surface area contributed by atoms with Crippen LogP contribution in [0.1, 0.15) is 28.4 Å². The molecule has 0 fully saturated rings. The molecule has 0 atom stereocenters. The summed E-state index contributed by atoms with van der Waals surface area (Å²) in [7, 11) is 0. The Bertz CT molecular complexity index is 1800. The Morgan fingerprint density at radius 2 is 1.00 bits per heavy atom. The van der Waals surface area contributed by atoms with Crippen molar-refractivity contribution in [3.05, 3.63) is 168 Å². The molecule has 0 saturated heterocycles. The second kappa shape index (κ2) is 14.7. The van der Waals surface area contributed by atoms with Crippen LogP contribution in [0.4, 0.5) is 0 Å². The number of carbonyl (C=O) groups is 1. The van der Waals surface area contributed by atoms with Crippen LogP contribution in [0.25, 0.3) is 22.3 Å². The molecule has 0 unspecified atom stereocenters. The van der Waals surface area contributed by atoms with Crippen molar-refractivity contribution < 1.29 is 24.6 Å². The Balaban J connectivity index is 1.11. The molecule has 2 heterocycles. The third-order valence-electron chi connectivity index (χ3n) is 7.66. The third kappa shape index (κ3) is 7.69. The highest BCUT2D eigenvalue weighted by Gasteiger charge is 2.27. The van der Waals surface area contributed by atoms with Crippen molar-refractivity contribution in [2.45, 2.75) is 19.1 Å². The smallest absolute Gasteiger partial charge is 0.354 e. The van der Waals surface area contributed by atoms with E-state index in [4.69, 9.17) is 9.47 Å². The molecule has 0 radical (unpaired) electrons. The average Bonchev–Trinajstić information content (AvgIpc) is 3.14. The van der Waals surface area contributed by atoms with Gasteiger partial charge in [-0.05, 0) is 58.7 Å². The maximum Gasteiger partial charge on any atom is 0.354 e. The van der Waals surface area contributed by atoms with Crippen LogP contribution in [0.5, 0.6) is 11.5 Å². The van der Waals surface area contributed by atoms with E-state index in [2.05, 4.69) is 15.1 Å². The molecule has 0 aliphatic carbocycles. The van der Waals surface area contributed by atoms with Crippen LogP contribution in [-0.2, 0) is 18.0 Å². The molecule has 47 heavy (non-hydrogen) atoms. The molecule has 2 aromatic heterocycles. The number of hydrogen-bond donors (Lipinski definition) is 2.